The van der Waals surface area contributed by atoms with Gasteiger partial charge in [-0.2, -0.15) is 0 Å². The molecule has 1 heterocycles. The third-order valence-electron chi connectivity index (χ3n) is 5.53. The molecule has 0 spiro atoms. The van der Waals surface area contributed by atoms with E-state index in [9.17, 15) is 23.2 Å². The van der Waals surface area contributed by atoms with Gasteiger partial charge in [0.15, 0.2) is 6.61 Å². The molecule has 2 aromatic rings. The summed E-state index contributed by atoms with van der Waals surface area (Å²) in [5, 5.41) is 2.28. The molecule has 32 heavy (non-hydrogen) atoms. The SMILES string of the molecule is CC1CCCC(C)N1C(=O)COc1ccc(C(=O)Nc2cc(C(N)=O)c(F)cc2F)cc1. The molecule has 3 rings (SSSR count). The number of ether oxygens (including phenoxy) is 1. The number of nitrogens with one attached hydrogen (secondary N) is 1. The van der Waals surface area contributed by atoms with Crippen LogP contribution in [0.15, 0.2) is 36.4 Å². The topological polar surface area (TPSA) is 102 Å². The smallest absolute Gasteiger partial charge is 0.260 e. The quantitative estimate of drug-likeness (QED) is 0.711. The molecular formula is C23H25F2N3O4. The van der Waals surface area contributed by atoms with Crippen LogP contribution >= 0.6 is 0 Å². The molecule has 1 saturated heterocycles. The van der Waals surface area contributed by atoms with Crippen molar-refractivity contribution in [2.45, 2.75) is 45.2 Å². The van der Waals surface area contributed by atoms with E-state index in [2.05, 4.69) is 5.32 Å². The van der Waals surface area contributed by atoms with Crippen molar-refractivity contribution in [1.29, 1.82) is 0 Å². The molecule has 3 N–H and O–H groups in total. The highest BCUT2D eigenvalue weighted by Gasteiger charge is 2.29. The lowest BCUT2D eigenvalue weighted by atomic mass is 9.97. The van der Waals surface area contributed by atoms with Gasteiger partial charge in [-0.25, -0.2) is 8.78 Å². The number of rotatable bonds is 6. The van der Waals surface area contributed by atoms with Crippen molar-refractivity contribution in [3.05, 3.63) is 59.2 Å². The van der Waals surface area contributed by atoms with Gasteiger partial charge >= 0.3 is 0 Å². The number of carbonyl (C=O) groups excluding carboxylic acids is 3. The molecule has 0 saturated carbocycles. The first-order valence-corrected chi connectivity index (χ1v) is 10.3. The predicted octanol–water partition coefficient (Wildman–Crippen LogP) is 3.48. The third-order valence-corrected chi connectivity index (χ3v) is 5.53. The van der Waals surface area contributed by atoms with Gasteiger partial charge in [0.25, 0.3) is 17.7 Å². The van der Waals surface area contributed by atoms with Crippen molar-refractivity contribution in [2.24, 2.45) is 5.73 Å². The zero-order valence-corrected chi connectivity index (χ0v) is 17.9. The third kappa shape index (κ3) is 5.22. The first-order valence-electron chi connectivity index (χ1n) is 10.3. The number of anilines is 1. The summed E-state index contributed by atoms with van der Waals surface area (Å²) < 4.78 is 33.1. The summed E-state index contributed by atoms with van der Waals surface area (Å²) in [6.07, 6.45) is 3.03. The number of piperidine rings is 1. The molecule has 0 radical (unpaired) electrons. The maximum atomic E-state index is 14.0. The minimum atomic E-state index is -1.11. The van der Waals surface area contributed by atoms with Gasteiger partial charge in [0, 0.05) is 23.7 Å². The normalized spacial score (nSPS) is 18.2. The number of nitrogens with zero attached hydrogens (tertiary/aromatic N) is 1. The summed E-state index contributed by atoms with van der Waals surface area (Å²) in [5.41, 5.74) is 4.31. The maximum Gasteiger partial charge on any atom is 0.260 e. The Bertz CT molecular complexity index is 1020. The Kier molecular flexibility index (Phi) is 7.07. The second-order valence-corrected chi connectivity index (χ2v) is 7.87. The van der Waals surface area contributed by atoms with Gasteiger partial charge in [-0.1, -0.05) is 0 Å². The van der Waals surface area contributed by atoms with Crippen LogP contribution in [0.4, 0.5) is 14.5 Å². The Morgan fingerprint density at radius 3 is 2.28 bits per heavy atom. The van der Waals surface area contributed by atoms with E-state index < -0.39 is 29.0 Å². The van der Waals surface area contributed by atoms with Crippen LogP contribution in [0.2, 0.25) is 0 Å². The molecule has 1 aliphatic rings. The Hall–Kier alpha value is -3.49. The highest BCUT2D eigenvalue weighted by atomic mass is 19.1. The lowest BCUT2D eigenvalue weighted by Crippen LogP contribution is -2.49. The van der Waals surface area contributed by atoms with Gasteiger partial charge in [-0.05, 0) is 63.4 Å². The number of primary amides is 1. The first-order chi connectivity index (χ1) is 15.2. The van der Waals surface area contributed by atoms with Crippen LogP contribution in [-0.4, -0.2) is 41.3 Å². The molecular weight excluding hydrogens is 420 g/mol. The van der Waals surface area contributed by atoms with Crippen LogP contribution in [0.5, 0.6) is 5.75 Å². The van der Waals surface area contributed by atoms with Crippen LogP contribution in [-0.2, 0) is 4.79 Å². The molecule has 2 atom stereocenters. The summed E-state index contributed by atoms with van der Waals surface area (Å²) in [6, 6.07) is 7.58. The summed E-state index contributed by atoms with van der Waals surface area (Å²) in [6.45, 7) is 3.94. The van der Waals surface area contributed by atoms with E-state index in [-0.39, 0.29) is 35.8 Å². The highest BCUT2D eigenvalue weighted by molar-refractivity contribution is 6.05. The molecule has 1 fully saturated rings. The van der Waals surface area contributed by atoms with Crippen molar-refractivity contribution in [2.75, 3.05) is 11.9 Å². The number of halogens is 2. The number of carbonyl (C=O) groups is 3. The predicted molar refractivity (Wildman–Crippen MR) is 114 cm³/mol. The first kappa shape index (κ1) is 23.2. The number of hydrogen-bond acceptors (Lipinski definition) is 4. The highest BCUT2D eigenvalue weighted by Crippen LogP contribution is 2.23. The van der Waals surface area contributed by atoms with E-state index in [0.717, 1.165) is 25.3 Å². The molecule has 1 aliphatic heterocycles. The van der Waals surface area contributed by atoms with Crippen molar-refractivity contribution in [1.82, 2.24) is 4.90 Å². The van der Waals surface area contributed by atoms with Gasteiger partial charge < -0.3 is 20.7 Å². The lowest BCUT2D eigenvalue weighted by Gasteiger charge is -2.38. The number of amides is 3. The fourth-order valence-electron chi connectivity index (χ4n) is 3.86. The lowest BCUT2D eigenvalue weighted by molar-refractivity contribution is -0.139. The van der Waals surface area contributed by atoms with Gasteiger partial charge in [0.05, 0.1) is 11.3 Å². The van der Waals surface area contributed by atoms with E-state index in [1.165, 1.54) is 24.3 Å². The number of hydrogen-bond donors (Lipinski definition) is 2. The van der Waals surface area contributed by atoms with E-state index in [4.69, 9.17) is 10.5 Å². The molecule has 0 aromatic heterocycles. The number of nitrogens with two attached hydrogens (primary N) is 1. The molecule has 0 aliphatic carbocycles. The Balaban J connectivity index is 1.62. The molecule has 3 amide bonds. The average Bonchev–Trinajstić information content (AvgIpc) is 2.74. The Morgan fingerprint density at radius 2 is 1.69 bits per heavy atom. The van der Waals surface area contributed by atoms with Gasteiger partial charge in [-0.3, -0.25) is 14.4 Å². The zero-order valence-electron chi connectivity index (χ0n) is 17.9. The molecule has 170 valence electrons. The monoisotopic (exact) mass is 445 g/mol. The van der Waals surface area contributed by atoms with Gasteiger partial charge in [-0.15, -0.1) is 0 Å². The summed E-state index contributed by atoms with van der Waals surface area (Å²) >= 11 is 0. The molecule has 2 unspecified atom stereocenters. The fourth-order valence-corrected chi connectivity index (χ4v) is 3.86. The second-order valence-electron chi connectivity index (χ2n) is 7.87. The molecule has 0 bridgehead atoms. The Morgan fingerprint density at radius 1 is 1.06 bits per heavy atom. The zero-order chi connectivity index (χ0) is 23.4. The van der Waals surface area contributed by atoms with Gasteiger partial charge in [0.2, 0.25) is 0 Å². The number of benzene rings is 2. The van der Waals surface area contributed by atoms with E-state index in [0.29, 0.717) is 11.8 Å². The Labute approximate surface area is 184 Å². The molecule has 7 nitrogen and oxygen atoms in total. The van der Waals surface area contributed by atoms with E-state index in [1.54, 1.807) is 0 Å². The fraction of sp³-hybridized carbons (Fsp3) is 0.348. The second kappa shape index (κ2) is 9.76. The van der Waals surface area contributed by atoms with Crippen LogP contribution in [0.1, 0.15) is 53.8 Å². The van der Waals surface area contributed by atoms with Crippen LogP contribution < -0.4 is 15.8 Å². The maximum absolute atomic E-state index is 14.0. The van der Waals surface area contributed by atoms with Crippen LogP contribution in [0.3, 0.4) is 0 Å². The minimum absolute atomic E-state index is 0.0939. The summed E-state index contributed by atoms with van der Waals surface area (Å²) in [4.78, 5) is 38.0. The molecule has 2 aromatic carbocycles. The van der Waals surface area contributed by atoms with Crippen LogP contribution in [0.25, 0.3) is 0 Å². The van der Waals surface area contributed by atoms with Crippen molar-refractivity contribution < 1.29 is 27.9 Å². The number of likely N-dealkylation sites (tertiary alicyclic amines) is 1. The van der Waals surface area contributed by atoms with E-state index in [1.807, 2.05) is 18.7 Å². The van der Waals surface area contributed by atoms with Crippen molar-refractivity contribution >= 4 is 23.4 Å². The summed E-state index contributed by atoms with van der Waals surface area (Å²) in [7, 11) is 0. The average molecular weight is 445 g/mol. The largest absolute Gasteiger partial charge is 0.484 e. The van der Waals surface area contributed by atoms with E-state index >= 15 is 0 Å². The van der Waals surface area contributed by atoms with Crippen LogP contribution in [0, 0.1) is 11.6 Å². The molecule has 9 heteroatoms. The van der Waals surface area contributed by atoms with Crippen molar-refractivity contribution in [3.63, 3.8) is 0 Å². The minimum Gasteiger partial charge on any atom is -0.484 e. The van der Waals surface area contributed by atoms with Crippen molar-refractivity contribution in [3.8, 4) is 5.75 Å². The standard InChI is InChI=1S/C23H25F2N3O4/c1-13-4-3-5-14(2)28(13)21(29)12-32-16-8-6-15(7-9-16)23(31)27-20-10-17(22(26)30)18(24)11-19(20)25/h6-11,13-14H,3-5,12H2,1-2H3,(H2,26,30)(H,27,31). The summed E-state index contributed by atoms with van der Waals surface area (Å²) in [5.74, 6) is -3.61. The van der Waals surface area contributed by atoms with Gasteiger partial charge in [0.1, 0.15) is 17.4 Å².